The Morgan fingerprint density at radius 2 is 2.19 bits per heavy atom. The molecule has 0 saturated carbocycles. The molecule has 1 aromatic rings. The molecule has 0 spiro atoms. The Morgan fingerprint density at radius 1 is 1.44 bits per heavy atom. The fourth-order valence-electron chi connectivity index (χ4n) is 1.22. The SMILES string of the molecule is O=Cc1ccc(C=CCCO)c([N+](=O)[O-])c1. The highest BCUT2D eigenvalue weighted by Crippen LogP contribution is 2.21. The molecule has 0 aliphatic carbocycles. The zero-order chi connectivity index (χ0) is 12.0. The fourth-order valence-corrected chi connectivity index (χ4v) is 1.22. The maximum absolute atomic E-state index is 10.7. The summed E-state index contributed by atoms with van der Waals surface area (Å²) < 4.78 is 0. The van der Waals surface area contributed by atoms with Crippen molar-refractivity contribution in [2.24, 2.45) is 0 Å². The Hall–Kier alpha value is -2.01. The maximum Gasteiger partial charge on any atom is 0.277 e. The molecular formula is C11H11NO4. The van der Waals surface area contributed by atoms with Gasteiger partial charge in [-0.1, -0.05) is 18.2 Å². The first-order valence-electron chi connectivity index (χ1n) is 4.70. The van der Waals surface area contributed by atoms with Gasteiger partial charge < -0.3 is 5.11 Å². The van der Waals surface area contributed by atoms with Crippen molar-refractivity contribution in [3.05, 3.63) is 45.5 Å². The molecule has 0 radical (unpaired) electrons. The number of aliphatic hydroxyl groups excluding tert-OH is 1. The molecule has 0 atom stereocenters. The summed E-state index contributed by atoms with van der Waals surface area (Å²) >= 11 is 0. The second-order valence-electron chi connectivity index (χ2n) is 3.11. The smallest absolute Gasteiger partial charge is 0.277 e. The van der Waals surface area contributed by atoms with Crippen molar-refractivity contribution in [3.63, 3.8) is 0 Å². The number of benzene rings is 1. The van der Waals surface area contributed by atoms with Crippen LogP contribution in [0.15, 0.2) is 24.3 Å². The van der Waals surface area contributed by atoms with Crippen LogP contribution in [0.25, 0.3) is 6.08 Å². The molecule has 0 amide bonds. The van der Waals surface area contributed by atoms with Crippen molar-refractivity contribution in [1.82, 2.24) is 0 Å². The number of nitro groups is 1. The molecule has 0 aliphatic heterocycles. The minimum atomic E-state index is -0.536. The summed E-state index contributed by atoms with van der Waals surface area (Å²) in [6.07, 6.45) is 4.20. The number of aliphatic hydroxyl groups is 1. The van der Waals surface area contributed by atoms with Gasteiger partial charge >= 0.3 is 0 Å². The van der Waals surface area contributed by atoms with Crippen LogP contribution in [0, 0.1) is 10.1 Å². The van der Waals surface area contributed by atoms with E-state index in [1.807, 2.05) is 0 Å². The van der Waals surface area contributed by atoms with Gasteiger partial charge in [-0.15, -0.1) is 0 Å². The number of nitro benzene ring substituents is 1. The quantitative estimate of drug-likeness (QED) is 0.467. The lowest BCUT2D eigenvalue weighted by atomic mass is 10.1. The van der Waals surface area contributed by atoms with Gasteiger partial charge in [0.25, 0.3) is 5.69 Å². The van der Waals surface area contributed by atoms with Crippen LogP contribution < -0.4 is 0 Å². The van der Waals surface area contributed by atoms with Crippen molar-refractivity contribution in [1.29, 1.82) is 0 Å². The van der Waals surface area contributed by atoms with E-state index in [0.717, 1.165) is 0 Å². The predicted molar refractivity (Wildman–Crippen MR) is 59.2 cm³/mol. The van der Waals surface area contributed by atoms with Gasteiger partial charge in [0, 0.05) is 18.2 Å². The molecule has 0 unspecified atom stereocenters. The van der Waals surface area contributed by atoms with E-state index in [-0.39, 0.29) is 17.9 Å². The first-order chi connectivity index (χ1) is 7.69. The molecule has 0 heterocycles. The predicted octanol–water partition coefficient (Wildman–Crippen LogP) is 1.80. The molecular weight excluding hydrogens is 210 g/mol. The molecule has 0 saturated heterocycles. The number of hydrogen-bond donors (Lipinski definition) is 1. The third-order valence-corrected chi connectivity index (χ3v) is 1.98. The van der Waals surface area contributed by atoms with E-state index in [0.29, 0.717) is 18.3 Å². The number of carbonyl (C=O) groups excluding carboxylic acids is 1. The summed E-state index contributed by atoms with van der Waals surface area (Å²) in [7, 11) is 0. The lowest BCUT2D eigenvalue weighted by Crippen LogP contribution is -1.93. The van der Waals surface area contributed by atoms with Crippen molar-refractivity contribution >= 4 is 18.0 Å². The van der Waals surface area contributed by atoms with E-state index in [1.54, 1.807) is 12.2 Å². The van der Waals surface area contributed by atoms with E-state index < -0.39 is 4.92 Å². The van der Waals surface area contributed by atoms with Gasteiger partial charge in [-0.3, -0.25) is 14.9 Å². The highest BCUT2D eigenvalue weighted by Gasteiger charge is 2.11. The minimum Gasteiger partial charge on any atom is -0.396 e. The molecule has 16 heavy (non-hydrogen) atoms. The number of nitrogens with zero attached hydrogens (tertiary/aromatic N) is 1. The van der Waals surface area contributed by atoms with E-state index in [1.165, 1.54) is 18.2 Å². The van der Waals surface area contributed by atoms with E-state index in [9.17, 15) is 14.9 Å². The van der Waals surface area contributed by atoms with Gasteiger partial charge in [-0.05, 0) is 12.5 Å². The first-order valence-corrected chi connectivity index (χ1v) is 4.70. The molecule has 1 aromatic carbocycles. The largest absolute Gasteiger partial charge is 0.396 e. The van der Waals surface area contributed by atoms with Crippen LogP contribution in [0.4, 0.5) is 5.69 Å². The van der Waals surface area contributed by atoms with Crippen molar-refractivity contribution < 1.29 is 14.8 Å². The molecule has 0 aromatic heterocycles. The third kappa shape index (κ3) is 2.99. The van der Waals surface area contributed by atoms with Gasteiger partial charge in [-0.25, -0.2) is 0 Å². The van der Waals surface area contributed by atoms with Crippen LogP contribution in [0.5, 0.6) is 0 Å². The second kappa shape index (κ2) is 5.77. The maximum atomic E-state index is 10.7. The Labute approximate surface area is 92.2 Å². The molecule has 5 nitrogen and oxygen atoms in total. The van der Waals surface area contributed by atoms with Crippen molar-refractivity contribution in [2.75, 3.05) is 6.61 Å². The Balaban J connectivity index is 3.08. The van der Waals surface area contributed by atoms with Gasteiger partial charge in [0.15, 0.2) is 0 Å². The van der Waals surface area contributed by atoms with Gasteiger partial charge in [0.05, 0.1) is 10.5 Å². The summed E-state index contributed by atoms with van der Waals surface area (Å²) in [5.74, 6) is 0. The zero-order valence-electron chi connectivity index (χ0n) is 8.50. The van der Waals surface area contributed by atoms with Gasteiger partial charge in [0.2, 0.25) is 0 Å². The molecule has 1 N–H and O–H groups in total. The average Bonchev–Trinajstić information content (AvgIpc) is 2.29. The lowest BCUT2D eigenvalue weighted by molar-refractivity contribution is -0.385. The van der Waals surface area contributed by atoms with Crippen LogP contribution in [-0.4, -0.2) is 22.9 Å². The Morgan fingerprint density at radius 3 is 2.75 bits per heavy atom. The van der Waals surface area contributed by atoms with Crippen LogP contribution in [0.3, 0.4) is 0 Å². The molecule has 1 rings (SSSR count). The van der Waals surface area contributed by atoms with E-state index >= 15 is 0 Å². The highest BCUT2D eigenvalue weighted by molar-refractivity contribution is 5.78. The Kier molecular flexibility index (Phi) is 4.35. The molecule has 84 valence electrons. The fraction of sp³-hybridized carbons (Fsp3) is 0.182. The van der Waals surface area contributed by atoms with Crippen LogP contribution >= 0.6 is 0 Å². The summed E-state index contributed by atoms with van der Waals surface area (Å²) in [6.45, 7) is -0.00325. The van der Waals surface area contributed by atoms with Gasteiger partial charge in [-0.2, -0.15) is 0 Å². The monoisotopic (exact) mass is 221 g/mol. The van der Waals surface area contributed by atoms with E-state index in [4.69, 9.17) is 5.11 Å². The number of hydrogen-bond acceptors (Lipinski definition) is 4. The Bertz CT molecular complexity index is 426. The first kappa shape index (κ1) is 12.1. The van der Waals surface area contributed by atoms with Gasteiger partial charge in [0.1, 0.15) is 6.29 Å². The summed E-state index contributed by atoms with van der Waals surface area (Å²) in [5.41, 5.74) is 0.578. The molecule has 0 bridgehead atoms. The third-order valence-electron chi connectivity index (χ3n) is 1.98. The normalized spacial score (nSPS) is 10.6. The summed E-state index contributed by atoms with van der Waals surface area (Å²) in [4.78, 5) is 20.7. The number of carbonyl (C=O) groups is 1. The van der Waals surface area contributed by atoms with Crippen LogP contribution in [0.1, 0.15) is 22.3 Å². The summed E-state index contributed by atoms with van der Waals surface area (Å²) in [5, 5.41) is 19.3. The van der Waals surface area contributed by atoms with Crippen molar-refractivity contribution in [2.45, 2.75) is 6.42 Å². The second-order valence-corrected chi connectivity index (χ2v) is 3.11. The number of aldehydes is 1. The topological polar surface area (TPSA) is 80.4 Å². The zero-order valence-corrected chi connectivity index (χ0v) is 8.50. The van der Waals surface area contributed by atoms with E-state index in [2.05, 4.69) is 0 Å². The van der Waals surface area contributed by atoms with Crippen LogP contribution in [-0.2, 0) is 0 Å². The number of rotatable bonds is 5. The molecule has 0 fully saturated rings. The average molecular weight is 221 g/mol. The summed E-state index contributed by atoms with van der Waals surface area (Å²) in [6, 6.07) is 4.25. The highest BCUT2D eigenvalue weighted by atomic mass is 16.6. The molecule has 5 heteroatoms. The van der Waals surface area contributed by atoms with Crippen LogP contribution in [0.2, 0.25) is 0 Å². The molecule has 0 aliphatic rings. The standard InChI is InChI=1S/C11H11NO4/c13-6-2-1-3-10-5-4-9(8-14)7-11(10)12(15)16/h1,3-5,7-8,13H,2,6H2. The minimum absolute atomic E-state index is 0.00325. The van der Waals surface area contributed by atoms with Crippen molar-refractivity contribution in [3.8, 4) is 0 Å². The lowest BCUT2D eigenvalue weighted by Gasteiger charge is -1.98.